The summed E-state index contributed by atoms with van der Waals surface area (Å²) in [6.07, 6.45) is 0. The largest absolute Gasteiger partial charge is 0.496 e. The highest BCUT2D eigenvalue weighted by Gasteiger charge is 2.07. The minimum absolute atomic E-state index is 0.0876. The van der Waals surface area contributed by atoms with E-state index in [1.807, 2.05) is 12.1 Å². The fourth-order valence-electron chi connectivity index (χ4n) is 1.12. The molecule has 1 N–H and O–H groups in total. The maximum Gasteiger partial charge on any atom is 0.211 e. The topological polar surface area (TPSA) is 55.4 Å². The van der Waals surface area contributed by atoms with E-state index in [0.29, 0.717) is 6.54 Å². The van der Waals surface area contributed by atoms with Crippen molar-refractivity contribution >= 4 is 26.0 Å². The Balaban J connectivity index is 2.73. The van der Waals surface area contributed by atoms with E-state index in [1.54, 1.807) is 20.1 Å². The van der Waals surface area contributed by atoms with Crippen LogP contribution in [0.5, 0.6) is 5.75 Å². The van der Waals surface area contributed by atoms with Gasteiger partial charge in [0.05, 0.1) is 17.3 Å². The summed E-state index contributed by atoms with van der Waals surface area (Å²) in [6.45, 7) is 1.89. The minimum Gasteiger partial charge on any atom is -0.496 e. The number of ether oxygens (including phenoxy) is 1. The summed E-state index contributed by atoms with van der Waals surface area (Å²) in [6, 6.07) is 5.44. The third-order valence-electron chi connectivity index (χ3n) is 2.09. The van der Waals surface area contributed by atoms with Crippen molar-refractivity contribution in [1.82, 2.24) is 4.72 Å². The molecule has 0 aliphatic rings. The number of halogens is 1. The van der Waals surface area contributed by atoms with Crippen molar-refractivity contribution < 1.29 is 13.2 Å². The van der Waals surface area contributed by atoms with Crippen molar-refractivity contribution in [2.45, 2.75) is 13.5 Å². The molecule has 0 fully saturated rings. The van der Waals surface area contributed by atoms with Crippen LogP contribution in [-0.4, -0.2) is 21.3 Å². The van der Waals surface area contributed by atoms with E-state index in [2.05, 4.69) is 20.7 Å². The van der Waals surface area contributed by atoms with Gasteiger partial charge in [-0.15, -0.1) is 0 Å². The first-order valence-electron chi connectivity index (χ1n) is 4.78. The van der Waals surface area contributed by atoms with Crippen LogP contribution in [0.2, 0.25) is 0 Å². The van der Waals surface area contributed by atoms with Crippen LogP contribution in [0.25, 0.3) is 0 Å². The van der Waals surface area contributed by atoms with E-state index < -0.39 is 10.0 Å². The third-order valence-corrected chi connectivity index (χ3v) is 4.06. The Morgan fingerprint density at radius 2 is 2.12 bits per heavy atom. The van der Waals surface area contributed by atoms with Gasteiger partial charge in [0.15, 0.2) is 0 Å². The predicted molar refractivity (Wildman–Crippen MR) is 67.0 cm³/mol. The van der Waals surface area contributed by atoms with Gasteiger partial charge in [-0.1, -0.05) is 6.07 Å². The summed E-state index contributed by atoms with van der Waals surface area (Å²) >= 11 is 3.34. The summed E-state index contributed by atoms with van der Waals surface area (Å²) in [5, 5.41) is 0. The van der Waals surface area contributed by atoms with Gasteiger partial charge < -0.3 is 4.74 Å². The molecule has 0 radical (unpaired) electrons. The minimum atomic E-state index is -3.14. The second-order valence-corrected chi connectivity index (χ2v) is 6.14. The smallest absolute Gasteiger partial charge is 0.211 e. The van der Waals surface area contributed by atoms with Crippen LogP contribution in [-0.2, 0) is 16.6 Å². The lowest BCUT2D eigenvalue weighted by Crippen LogP contribution is -2.24. The van der Waals surface area contributed by atoms with Crippen molar-refractivity contribution in [1.29, 1.82) is 0 Å². The molecule has 90 valence electrons. The molecule has 1 aromatic carbocycles. The maximum absolute atomic E-state index is 11.2. The van der Waals surface area contributed by atoms with Gasteiger partial charge in [0.1, 0.15) is 5.75 Å². The molecule has 0 unspecified atom stereocenters. The zero-order chi connectivity index (χ0) is 12.2. The van der Waals surface area contributed by atoms with Crippen LogP contribution in [0.15, 0.2) is 22.7 Å². The fourth-order valence-corrected chi connectivity index (χ4v) is 2.29. The quantitative estimate of drug-likeness (QED) is 0.904. The van der Waals surface area contributed by atoms with Crippen LogP contribution < -0.4 is 9.46 Å². The molecule has 0 saturated heterocycles. The van der Waals surface area contributed by atoms with E-state index in [1.165, 1.54) is 0 Å². The molecule has 6 heteroatoms. The van der Waals surface area contributed by atoms with Crippen molar-refractivity contribution in [2.75, 3.05) is 12.9 Å². The van der Waals surface area contributed by atoms with Gasteiger partial charge in [0.25, 0.3) is 0 Å². The van der Waals surface area contributed by atoms with Gasteiger partial charge in [0.2, 0.25) is 10.0 Å². The third kappa shape index (κ3) is 3.77. The van der Waals surface area contributed by atoms with Gasteiger partial charge in [-0.2, -0.15) is 0 Å². The van der Waals surface area contributed by atoms with Crippen LogP contribution >= 0.6 is 15.9 Å². The Labute approximate surface area is 104 Å². The number of sulfonamides is 1. The zero-order valence-electron chi connectivity index (χ0n) is 9.16. The number of hydrogen-bond acceptors (Lipinski definition) is 3. The number of benzene rings is 1. The highest BCUT2D eigenvalue weighted by molar-refractivity contribution is 9.10. The molecule has 0 aliphatic heterocycles. The maximum atomic E-state index is 11.2. The number of methoxy groups -OCH3 is 1. The average Bonchev–Trinajstić information content (AvgIpc) is 2.27. The molecule has 0 bridgehead atoms. The Morgan fingerprint density at radius 3 is 2.62 bits per heavy atom. The fraction of sp³-hybridized carbons (Fsp3) is 0.400. The van der Waals surface area contributed by atoms with Crippen molar-refractivity contribution in [3.05, 3.63) is 28.2 Å². The molecule has 0 aliphatic carbocycles. The first-order valence-corrected chi connectivity index (χ1v) is 7.22. The van der Waals surface area contributed by atoms with Crippen LogP contribution in [0.4, 0.5) is 0 Å². The average molecular weight is 308 g/mol. The van der Waals surface area contributed by atoms with E-state index in [4.69, 9.17) is 4.74 Å². The molecular weight excluding hydrogens is 294 g/mol. The van der Waals surface area contributed by atoms with E-state index >= 15 is 0 Å². The van der Waals surface area contributed by atoms with Crippen molar-refractivity contribution in [3.8, 4) is 5.75 Å². The summed E-state index contributed by atoms with van der Waals surface area (Å²) in [5.41, 5.74) is 0.879. The highest BCUT2D eigenvalue weighted by Crippen LogP contribution is 2.25. The standard InChI is InChI=1S/C10H14BrNO3S/c1-3-16(13,14)12-7-8-4-5-10(15-2)9(11)6-8/h4-6,12H,3,7H2,1-2H3. The first-order chi connectivity index (χ1) is 7.48. The molecule has 0 heterocycles. The second-order valence-electron chi connectivity index (χ2n) is 3.19. The Kier molecular flexibility index (Phi) is 4.76. The lowest BCUT2D eigenvalue weighted by molar-refractivity contribution is 0.412. The second kappa shape index (κ2) is 5.65. The van der Waals surface area contributed by atoms with Gasteiger partial charge in [-0.05, 0) is 40.5 Å². The Morgan fingerprint density at radius 1 is 1.44 bits per heavy atom. The molecular formula is C10H14BrNO3S. The highest BCUT2D eigenvalue weighted by atomic mass is 79.9. The molecule has 1 rings (SSSR count). The lowest BCUT2D eigenvalue weighted by Gasteiger charge is -2.07. The zero-order valence-corrected chi connectivity index (χ0v) is 11.6. The van der Waals surface area contributed by atoms with Gasteiger partial charge in [-0.25, -0.2) is 13.1 Å². The first kappa shape index (κ1) is 13.5. The number of hydrogen-bond donors (Lipinski definition) is 1. The molecule has 0 atom stereocenters. The normalized spacial score (nSPS) is 11.4. The SMILES string of the molecule is CCS(=O)(=O)NCc1ccc(OC)c(Br)c1. The van der Waals surface area contributed by atoms with Crippen molar-refractivity contribution in [2.24, 2.45) is 0 Å². The number of nitrogens with one attached hydrogen (secondary N) is 1. The van der Waals surface area contributed by atoms with E-state index in [9.17, 15) is 8.42 Å². The molecule has 1 aromatic rings. The predicted octanol–water partition coefficient (Wildman–Crippen LogP) is 1.90. The number of rotatable bonds is 5. The molecule has 4 nitrogen and oxygen atoms in total. The summed E-state index contributed by atoms with van der Waals surface area (Å²) in [7, 11) is -1.56. The van der Waals surface area contributed by atoms with Gasteiger partial charge in [0, 0.05) is 6.54 Å². The van der Waals surface area contributed by atoms with Crippen LogP contribution in [0.3, 0.4) is 0 Å². The molecule has 0 spiro atoms. The van der Waals surface area contributed by atoms with Gasteiger partial charge in [-0.3, -0.25) is 0 Å². The molecule has 0 saturated carbocycles. The molecule has 0 amide bonds. The monoisotopic (exact) mass is 307 g/mol. The van der Waals surface area contributed by atoms with Crippen molar-refractivity contribution in [3.63, 3.8) is 0 Å². The summed E-state index contributed by atoms with van der Waals surface area (Å²) in [5.74, 6) is 0.812. The lowest BCUT2D eigenvalue weighted by atomic mass is 10.2. The van der Waals surface area contributed by atoms with E-state index in [-0.39, 0.29) is 5.75 Å². The van der Waals surface area contributed by atoms with E-state index in [0.717, 1.165) is 15.8 Å². The summed E-state index contributed by atoms with van der Waals surface area (Å²) in [4.78, 5) is 0. The Bertz CT molecular complexity index is 459. The van der Waals surface area contributed by atoms with Gasteiger partial charge >= 0.3 is 0 Å². The van der Waals surface area contributed by atoms with Crippen LogP contribution in [0, 0.1) is 0 Å². The molecule has 0 aromatic heterocycles. The summed E-state index contributed by atoms with van der Waals surface area (Å²) < 4.78 is 30.9. The molecule has 16 heavy (non-hydrogen) atoms. The van der Waals surface area contributed by atoms with Crippen LogP contribution in [0.1, 0.15) is 12.5 Å². The Hall–Kier alpha value is -0.590.